The molecule has 0 saturated carbocycles. The summed E-state index contributed by atoms with van der Waals surface area (Å²) in [7, 11) is 0. The van der Waals surface area contributed by atoms with Crippen molar-refractivity contribution in [1.29, 1.82) is 0 Å². The average Bonchev–Trinajstić information content (AvgIpc) is 2.81. The summed E-state index contributed by atoms with van der Waals surface area (Å²) in [5.74, 6) is 0.676. The fourth-order valence-corrected chi connectivity index (χ4v) is 1.79. The molecule has 0 amide bonds. The lowest BCUT2D eigenvalue weighted by atomic mass is 10.1. The number of hydrogen-bond acceptors (Lipinski definition) is 4. The first-order valence-corrected chi connectivity index (χ1v) is 6.33. The lowest BCUT2D eigenvalue weighted by molar-refractivity contribution is 0.400. The Morgan fingerprint density at radius 2 is 2.11 bits per heavy atom. The summed E-state index contributed by atoms with van der Waals surface area (Å²) >= 11 is 3.11. The Morgan fingerprint density at radius 1 is 1.39 bits per heavy atom. The van der Waals surface area contributed by atoms with E-state index in [4.69, 9.17) is 10.3 Å². The molecular weight excluding hydrogens is 301 g/mol. The molecule has 6 heteroatoms. The molecule has 2 aromatic rings. The van der Waals surface area contributed by atoms with Gasteiger partial charge in [0.25, 0.3) is 5.89 Å². The fourth-order valence-electron chi connectivity index (χ4n) is 1.41. The second-order valence-electron chi connectivity index (χ2n) is 4.36. The van der Waals surface area contributed by atoms with Crippen molar-refractivity contribution in [1.82, 2.24) is 10.1 Å². The molecule has 2 rings (SSSR count). The van der Waals surface area contributed by atoms with Gasteiger partial charge in [-0.1, -0.05) is 19.0 Å². The number of rotatable bonds is 3. The smallest absolute Gasteiger partial charge is 0.258 e. The fraction of sp³-hybridized carbons (Fsp3) is 0.333. The predicted octanol–water partition coefficient (Wildman–Crippen LogP) is 3.29. The Kier molecular flexibility index (Phi) is 3.77. The summed E-state index contributed by atoms with van der Waals surface area (Å²) in [6.07, 6.45) is 0. The first kappa shape index (κ1) is 13.2. The molecule has 0 aliphatic heterocycles. The molecule has 1 atom stereocenters. The van der Waals surface area contributed by atoms with Crippen molar-refractivity contribution in [2.45, 2.75) is 19.9 Å². The van der Waals surface area contributed by atoms with Crippen LogP contribution in [0.2, 0.25) is 0 Å². The van der Waals surface area contributed by atoms with Gasteiger partial charge in [0.15, 0.2) is 5.82 Å². The third-order valence-corrected chi connectivity index (χ3v) is 3.23. The van der Waals surface area contributed by atoms with Crippen LogP contribution in [-0.4, -0.2) is 10.1 Å². The zero-order valence-corrected chi connectivity index (χ0v) is 11.6. The molecule has 0 saturated heterocycles. The van der Waals surface area contributed by atoms with Crippen molar-refractivity contribution in [2.24, 2.45) is 11.7 Å². The number of aromatic nitrogens is 2. The summed E-state index contributed by atoms with van der Waals surface area (Å²) in [6.45, 7) is 3.96. The van der Waals surface area contributed by atoms with Gasteiger partial charge in [-0.25, -0.2) is 4.39 Å². The molecule has 96 valence electrons. The molecule has 1 heterocycles. The maximum atomic E-state index is 13.1. The molecule has 2 N–H and O–H groups in total. The SMILES string of the molecule is CC(C)C(N)c1noc(-c2ccc(F)c(Br)c2)n1. The minimum atomic E-state index is -0.336. The summed E-state index contributed by atoms with van der Waals surface area (Å²) < 4.78 is 18.6. The maximum absolute atomic E-state index is 13.1. The average molecular weight is 314 g/mol. The van der Waals surface area contributed by atoms with Crippen LogP contribution in [0, 0.1) is 11.7 Å². The van der Waals surface area contributed by atoms with Gasteiger partial charge in [-0.15, -0.1) is 0 Å². The highest BCUT2D eigenvalue weighted by atomic mass is 79.9. The van der Waals surface area contributed by atoms with E-state index in [1.807, 2.05) is 13.8 Å². The molecular formula is C12H13BrFN3O. The third-order valence-electron chi connectivity index (χ3n) is 2.62. The van der Waals surface area contributed by atoms with Crippen LogP contribution < -0.4 is 5.73 Å². The van der Waals surface area contributed by atoms with E-state index in [0.29, 0.717) is 21.8 Å². The minimum absolute atomic E-state index is 0.218. The highest BCUT2D eigenvalue weighted by Crippen LogP contribution is 2.25. The molecule has 0 aliphatic carbocycles. The Bertz CT molecular complexity index is 556. The van der Waals surface area contributed by atoms with Crippen molar-refractivity contribution >= 4 is 15.9 Å². The van der Waals surface area contributed by atoms with Crippen LogP contribution in [0.3, 0.4) is 0 Å². The summed E-state index contributed by atoms with van der Waals surface area (Å²) in [4.78, 5) is 4.23. The van der Waals surface area contributed by atoms with Crippen LogP contribution in [0.4, 0.5) is 4.39 Å². The van der Waals surface area contributed by atoms with Crippen LogP contribution in [0.1, 0.15) is 25.7 Å². The zero-order valence-electron chi connectivity index (χ0n) is 10.0. The molecule has 1 aromatic carbocycles. The van der Waals surface area contributed by atoms with Gasteiger partial charge in [0.2, 0.25) is 0 Å². The van der Waals surface area contributed by atoms with Gasteiger partial charge < -0.3 is 10.3 Å². The molecule has 0 spiro atoms. The number of benzene rings is 1. The van der Waals surface area contributed by atoms with Crippen LogP contribution in [0.15, 0.2) is 27.2 Å². The molecule has 0 aliphatic rings. The lowest BCUT2D eigenvalue weighted by Crippen LogP contribution is -2.18. The lowest BCUT2D eigenvalue weighted by Gasteiger charge is -2.09. The molecule has 0 bridgehead atoms. The summed E-state index contributed by atoms with van der Waals surface area (Å²) in [6, 6.07) is 4.24. The number of nitrogens with zero attached hydrogens (tertiary/aromatic N) is 2. The predicted molar refractivity (Wildman–Crippen MR) is 69.2 cm³/mol. The largest absolute Gasteiger partial charge is 0.334 e. The van der Waals surface area contributed by atoms with Gasteiger partial charge in [-0.3, -0.25) is 0 Å². The summed E-state index contributed by atoms with van der Waals surface area (Å²) in [5, 5.41) is 3.85. The summed E-state index contributed by atoms with van der Waals surface area (Å²) in [5.41, 5.74) is 6.58. The first-order valence-electron chi connectivity index (χ1n) is 5.53. The van der Waals surface area contributed by atoms with E-state index in [1.54, 1.807) is 12.1 Å². The molecule has 0 radical (unpaired) electrons. The van der Waals surface area contributed by atoms with E-state index in [0.717, 1.165) is 0 Å². The van der Waals surface area contributed by atoms with Crippen molar-refractivity contribution in [2.75, 3.05) is 0 Å². The number of halogens is 2. The normalized spacial score (nSPS) is 13.0. The Morgan fingerprint density at radius 3 is 2.72 bits per heavy atom. The van der Waals surface area contributed by atoms with Crippen LogP contribution >= 0.6 is 15.9 Å². The second kappa shape index (κ2) is 5.16. The van der Waals surface area contributed by atoms with E-state index in [-0.39, 0.29) is 17.8 Å². The van der Waals surface area contributed by atoms with Gasteiger partial charge in [0.05, 0.1) is 10.5 Å². The molecule has 18 heavy (non-hydrogen) atoms. The van der Waals surface area contributed by atoms with Crippen molar-refractivity contribution in [3.8, 4) is 11.5 Å². The Hall–Kier alpha value is -1.27. The van der Waals surface area contributed by atoms with E-state index >= 15 is 0 Å². The quantitative estimate of drug-likeness (QED) is 0.944. The third kappa shape index (κ3) is 2.59. The topological polar surface area (TPSA) is 64.9 Å². The Balaban J connectivity index is 2.32. The van der Waals surface area contributed by atoms with E-state index < -0.39 is 0 Å². The highest BCUT2D eigenvalue weighted by Gasteiger charge is 2.18. The first-order chi connectivity index (χ1) is 8.49. The molecule has 1 aromatic heterocycles. The van der Waals surface area contributed by atoms with Gasteiger partial charge >= 0.3 is 0 Å². The molecule has 4 nitrogen and oxygen atoms in total. The zero-order chi connectivity index (χ0) is 13.3. The van der Waals surface area contributed by atoms with E-state index in [9.17, 15) is 4.39 Å². The maximum Gasteiger partial charge on any atom is 0.258 e. The number of nitrogens with two attached hydrogens (primary N) is 1. The second-order valence-corrected chi connectivity index (χ2v) is 5.21. The Labute approximate surface area is 113 Å². The standard InChI is InChI=1S/C12H13BrFN3O/c1-6(2)10(15)11-16-12(18-17-11)7-3-4-9(14)8(13)5-7/h3-6,10H,15H2,1-2H3. The van der Waals surface area contributed by atoms with Gasteiger partial charge in [-0.05, 0) is 40.0 Å². The van der Waals surface area contributed by atoms with E-state index in [2.05, 4.69) is 26.1 Å². The van der Waals surface area contributed by atoms with Crippen LogP contribution in [0.5, 0.6) is 0 Å². The highest BCUT2D eigenvalue weighted by molar-refractivity contribution is 9.10. The van der Waals surface area contributed by atoms with Gasteiger partial charge in [-0.2, -0.15) is 4.98 Å². The molecule has 1 unspecified atom stereocenters. The monoisotopic (exact) mass is 313 g/mol. The number of hydrogen-bond donors (Lipinski definition) is 1. The minimum Gasteiger partial charge on any atom is -0.334 e. The van der Waals surface area contributed by atoms with Gasteiger partial charge in [0, 0.05) is 5.56 Å². The van der Waals surface area contributed by atoms with E-state index in [1.165, 1.54) is 6.07 Å². The van der Waals surface area contributed by atoms with Crippen molar-refractivity contribution in [3.63, 3.8) is 0 Å². The van der Waals surface area contributed by atoms with Crippen LogP contribution in [-0.2, 0) is 0 Å². The van der Waals surface area contributed by atoms with Crippen LogP contribution in [0.25, 0.3) is 11.5 Å². The van der Waals surface area contributed by atoms with Gasteiger partial charge in [0.1, 0.15) is 5.82 Å². The van der Waals surface area contributed by atoms with Crippen molar-refractivity contribution in [3.05, 3.63) is 34.3 Å². The van der Waals surface area contributed by atoms with Crippen molar-refractivity contribution < 1.29 is 8.91 Å². The molecule has 0 fully saturated rings.